The summed E-state index contributed by atoms with van der Waals surface area (Å²) in [7, 11) is -1.63. The zero-order chi connectivity index (χ0) is 34.0. The molecule has 0 spiro atoms. The lowest BCUT2D eigenvalue weighted by atomic mass is 9.83. The molecule has 0 aliphatic rings. The number of fused-ring (bicyclic) bond motifs is 3. The second-order valence-electron chi connectivity index (χ2n) is 14.6. The normalized spacial score (nSPS) is 12.0. The lowest BCUT2D eigenvalue weighted by Gasteiger charge is -2.22. The van der Waals surface area contributed by atoms with Crippen LogP contribution in [0.1, 0.15) is 145 Å². The molecule has 0 saturated heterocycles. The Kier molecular flexibility index (Phi) is 13.9. The largest absolute Gasteiger partial charge is 0.507 e. The van der Waals surface area contributed by atoms with Crippen molar-refractivity contribution >= 4 is 30.2 Å². The van der Waals surface area contributed by atoms with Crippen LogP contribution in [0.25, 0.3) is 21.9 Å². The van der Waals surface area contributed by atoms with E-state index in [1.165, 1.54) is 64.3 Å². The van der Waals surface area contributed by atoms with Gasteiger partial charge in [-0.3, -0.25) is 4.52 Å². The number of unbranched alkanes of at least 4 members (excludes halogenated alkanes) is 4. The molecule has 4 nitrogen and oxygen atoms in total. The zero-order valence-electron chi connectivity index (χ0n) is 30.7. The fourth-order valence-electron chi connectivity index (χ4n) is 6.49. The Morgan fingerprint density at radius 1 is 0.617 bits per heavy atom. The topological polar surface area (TPSA) is 55.7 Å². The monoisotopic (exact) mass is 660 g/mol. The molecule has 0 bridgehead atoms. The van der Waals surface area contributed by atoms with Crippen molar-refractivity contribution in [3.8, 4) is 5.75 Å². The van der Waals surface area contributed by atoms with E-state index in [0.717, 1.165) is 86.5 Å². The second kappa shape index (κ2) is 17.6. The van der Waals surface area contributed by atoms with Gasteiger partial charge in [-0.2, -0.15) is 0 Å². The third-order valence-corrected chi connectivity index (χ3v) is 10.3. The van der Waals surface area contributed by atoms with E-state index in [-0.39, 0.29) is 5.41 Å². The predicted molar refractivity (Wildman–Crippen MR) is 202 cm³/mol. The minimum atomic E-state index is -1.63. The van der Waals surface area contributed by atoms with Gasteiger partial charge in [-0.1, -0.05) is 98.4 Å². The average molecular weight is 661 g/mol. The molecule has 1 N–H and O–H groups in total. The first-order valence-corrected chi connectivity index (χ1v) is 19.6. The lowest BCUT2D eigenvalue weighted by molar-refractivity contribution is 0.364. The van der Waals surface area contributed by atoms with Crippen LogP contribution in [0.3, 0.4) is 0 Å². The van der Waals surface area contributed by atoms with Gasteiger partial charge in [-0.25, -0.2) is 0 Å². The van der Waals surface area contributed by atoms with Crippen molar-refractivity contribution in [1.29, 1.82) is 0 Å². The Morgan fingerprint density at radius 3 is 1.53 bits per heavy atom. The predicted octanol–water partition coefficient (Wildman–Crippen LogP) is 13.0. The molecule has 47 heavy (non-hydrogen) atoms. The second-order valence-corrected chi connectivity index (χ2v) is 15.6. The molecule has 258 valence electrons. The van der Waals surface area contributed by atoms with E-state index in [9.17, 15) is 5.11 Å². The summed E-state index contributed by atoms with van der Waals surface area (Å²) in [6, 6.07) is 13.8. The number of hydrogen-bond donors (Lipinski definition) is 1. The van der Waals surface area contributed by atoms with Gasteiger partial charge in [-0.15, -0.1) is 0 Å². The van der Waals surface area contributed by atoms with Crippen molar-refractivity contribution in [1.82, 2.24) is 0 Å². The molecule has 0 radical (unpaired) electrons. The van der Waals surface area contributed by atoms with Crippen molar-refractivity contribution in [2.24, 2.45) is 0 Å². The molecule has 0 saturated carbocycles. The molecule has 0 unspecified atom stereocenters. The van der Waals surface area contributed by atoms with E-state index in [0.29, 0.717) is 12.4 Å². The molecular formula is C42H61O4P. The Bertz CT molecular complexity index is 1560. The van der Waals surface area contributed by atoms with Gasteiger partial charge in [0.25, 0.3) is 0 Å². The SMILES string of the molecule is CCCCc1cc(CCCC)c2op(OCCCc3cc(C)c(O)c(C(C)(C)C)c3)oc3c(CCCC)cc(CCCC)cc3c2c1. The van der Waals surface area contributed by atoms with Crippen LogP contribution in [0.5, 0.6) is 5.75 Å². The standard InChI is InChI=1S/C42H61O4P/c1-9-13-18-32-25-34(21-15-11-3)40-36(27-32)37-28-33(19-14-10-2)26-35(22-16-12-4)41(37)46-47(45-40)44-23-17-20-31-24-30(5)39(43)38(29-31)42(6,7)8/h24-29,43H,9-23H2,1-8H3. The maximum Gasteiger partial charge on any atom is 0.387 e. The Hall–Kier alpha value is -2.68. The molecule has 4 rings (SSSR count). The first-order chi connectivity index (χ1) is 22.6. The minimum Gasteiger partial charge on any atom is -0.507 e. The molecule has 1 aromatic heterocycles. The van der Waals surface area contributed by atoms with Crippen LogP contribution >= 0.6 is 8.24 Å². The van der Waals surface area contributed by atoms with Gasteiger partial charge < -0.3 is 13.5 Å². The molecule has 0 amide bonds. The van der Waals surface area contributed by atoms with E-state index >= 15 is 0 Å². The summed E-state index contributed by atoms with van der Waals surface area (Å²) >= 11 is 0. The summed E-state index contributed by atoms with van der Waals surface area (Å²) in [5, 5.41) is 13.1. The first kappa shape index (κ1) is 37.1. The Morgan fingerprint density at radius 2 is 1.06 bits per heavy atom. The highest BCUT2D eigenvalue weighted by Crippen LogP contribution is 2.40. The third kappa shape index (κ3) is 9.93. The van der Waals surface area contributed by atoms with Crippen LogP contribution in [0.4, 0.5) is 0 Å². The highest BCUT2D eigenvalue weighted by molar-refractivity contribution is 7.31. The number of benzene rings is 3. The Balaban J connectivity index is 1.81. The smallest absolute Gasteiger partial charge is 0.387 e. The molecule has 0 fully saturated rings. The summed E-state index contributed by atoms with van der Waals surface area (Å²) in [6.07, 6.45) is 15.1. The van der Waals surface area contributed by atoms with Crippen molar-refractivity contribution in [2.75, 3.05) is 6.61 Å². The van der Waals surface area contributed by atoms with E-state index in [4.69, 9.17) is 12.9 Å². The van der Waals surface area contributed by atoms with Crippen molar-refractivity contribution in [3.05, 3.63) is 75.3 Å². The van der Waals surface area contributed by atoms with Gasteiger partial charge in [0.05, 0.1) is 6.61 Å². The zero-order valence-corrected chi connectivity index (χ0v) is 31.6. The first-order valence-electron chi connectivity index (χ1n) is 18.5. The molecule has 0 aliphatic carbocycles. The Labute approximate surface area is 285 Å². The van der Waals surface area contributed by atoms with E-state index in [1.807, 2.05) is 6.92 Å². The third-order valence-electron chi connectivity index (χ3n) is 9.29. The number of phenolic OH excluding ortho intramolecular Hbond substituents is 1. The van der Waals surface area contributed by atoms with Gasteiger partial charge in [0, 0.05) is 10.8 Å². The summed E-state index contributed by atoms with van der Waals surface area (Å²) < 4.78 is 20.2. The van der Waals surface area contributed by atoms with Crippen molar-refractivity contribution in [3.63, 3.8) is 0 Å². The van der Waals surface area contributed by atoms with Crippen LogP contribution in [-0.4, -0.2) is 11.7 Å². The fraction of sp³-hybridized carbons (Fsp3) is 0.571. The van der Waals surface area contributed by atoms with E-state index < -0.39 is 8.24 Å². The summed E-state index contributed by atoms with van der Waals surface area (Å²) in [4.78, 5) is 0. The number of hydrogen-bond acceptors (Lipinski definition) is 4. The molecule has 0 aliphatic heterocycles. The lowest BCUT2D eigenvalue weighted by Crippen LogP contribution is -2.12. The highest BCUT2D eigenvalue weighted by Gasteiger charge is 2.20. The van der Waals surface area contributed by atoms with Gasteiger partial charge >= 0.3 is 8.24 Å². The molecule has 0 atom stereocenters. The summed E-state index contributed by atoms with van der Waals surface area (Å²) in [6.45, 7) is 18.0. The van der Waals surface area contributed by atoms with E-state index in [2.05, 4.69) is 84.9 Å². The van der Waals surface area contributed by atoms with Gasteiger partial charge in [0.15, 0.2) is 0 Å². The molecular weight excluding hydrogens is 599 g/mol. The average Bonchev–Trinajstić information content (AvgIpc) is 3.20. The van der Waals surface area contributed by atoms with E-state index in [1.54, 1.807) is 0 Å². The maximum atomic E-state index is 10.7. The van der Waals surface area contributed by atoms with Crippen molar-refractivity contribution < 1.29 is 18.0 Å². The van der Waals surface area contributed by atoms with Crippen LogP contribution < -0.4 is 4.52 Å². The van der Waals surface area contributed by atoms with Gasteiger partial charge in [0.1, 0.15) is 16.9 Å². The van der Waals surface area contributed by atoms with Gasteiger partial charge in [-0.05, 0) is 128 Å². The number of phenols is 1. The molecule has 4 aromatic rings. The fourth-order valence-corrected chi connectivity index (χ4v) is 7.64. The van der Waals surface area contributed by atoms with Gasteiger partial charge in [0.2, 0.25) is 0 Å². The van der Waals surface area contributed by atoms with Crippen molar-refractivity contribution in [2.45, 2.75) is 151 Å². The number of aryl methyl sites for hydroxylation is 6. The van der Waals surface area contributed by atoms with Crippen LogP contribution in [-0.2, 0) is 37.5 Å². The number of rotatable bonds is 17. The molecule has 1 heterocycles. The van der Waals surface area contributed by atoms with Crippen LogP contribution in [0, 0.1) is 6.92 Å². The quantitative estimate of drug-likeness (QED) is 0.115. The molecule has 3 aromatic carbocycles. The summed E-state index contributed by atoms with van der Waals surface area (Å²) in [5.74, 6) is 0.409. The minimum absolute atomic E-state index is 0.120. The molecule has 5 heteroatoms. The highest BCUT2D eigenvalue weighted by atomic mass is 31.1. The number of aromatic hydroxyl groups is 1. The van der Waals surface area contributed by atoms with Crippen LogP contribution in [0.15, 0.2) is 44.8 Å². The summed E-state index contributed by atoms with van der Waals surface area (Å²) in [5.41, 5.74) is 10.3. The van der Waals surface area contributed by atoms with Crippen LogP contribution in [0.2, 0.25) is 0 Å². The maximum absolute atomic E-state index is 10.7.